The number of aromatic nitrogens is 1. The van der Waals surface area contributed by atoms with Gasteiger partial charge in [-0.1, -0.05) is 5.92 Å². The predicted octanol–water partition coefficient (Wildman–Crippen LogP) is 0.330. The highest BCUT2D eigenvalue weighted by Gasteiger charge is 2.02. The Morgan fingerprint density at radius 2 is 2.38 bits per heavy atom. The molecule has 1 aromatic rings. The van der Waals surface area contributed by atoms with Gasteiger partial charge in [-0.3, -0.25) is 4.79 Å². The molecule has 0 aliphatic heterocycles. The molecule has 0 amide bonds. The van der Waals surface area contributed by atoms with Gasteiger partial charge in [0.2, 0.25) is 0 Å². The van der Waals surface area contributed by atoms with Gasteiger partial charge in [-0.15, -0.1) is 0 Å². The van der Waals surface area contributed by atoms with Crippen LogP contribution in [0.3, 0.4) is 0 Å². The topological polar surface area (TPSA) is 67.3 Å². The molecular weight excluding hydrogens is 170 g/mol. The largest absolute Gasteiger partial charge is 0.477 e. The third-order valence-corrected chi connectivity index (χ3v) is 1.25. The van der Waals surface area contributed by atoms with Crippen molar-refractivity contribution in [1.82, 2.24) is 4.98 Å². The smallest absolute Gasteiger partial charge is 0.354 e. The number of carbonyl (C=O) groups excluding carboxylic acids is 1. The Labute approximate surface area is 74.2 Å². The summed E-state index contributed by atoms with van der Waals surface area (Å²) in [5.74, 6) is 3.53. The Bertz CT molecular complexity index is 401. The first-order chi connectivity index (χ1) is 6.24. The second-order valence-corrected chi connectivity index (χ2v) is 2.12. The predicted molar refractivity (Wildman–Crippen MR) is 44.1 cm³/mol. The molecule has 0 radical (unpaired) electrons. The zero-order valence-electron chi connectivity index (χ0n) is 6.52. The summed E-state index contributed by atoms with van der Waals surface area (Å²) in [7, 11) is 0. The molecular formula is C9H5NO3. The van der Waals surface area contributed by atoms with Crippen LogP contribution in [-0.2, 0) is 4.79 Å². The fraction of sp³-hybridized carbons (Fsp3) is 0. The van der Waals surface area contributed by atoms with E-state index in [1.54, 1.807) is 0 Å². The van der Waals surface area contributed by atoms with E-state index in [-0.39, 0.29) is 5.69 Å². The lowest BCUT2D eigenvalue weighted by Crippen LogP contribution is -1.99. The Morgan fingerprint density at radius 3 is 3.00 bits per heavy atom. The third-order valence-electron chi connectivity index (χ3n) is 1.25. The highest BCUT2D eigenvalue weighted by molar-refractivity contribution is 5.85. The highest BCUT2D eigenvalue weighted by atomic mass is 16.4. The SMILES string of the molecule is O=CC#Cc1ccnc(C(=O)O)c1. The van der Waals surface area contributed by atoms with Gasteiger partial charge in [0.05, 0.1) is 0 Å². The van der Waals surface area contributed by atoms with Crippen LogP contribution in [-0.4, -0.2) is 22.3 Å². The van der Waals surface area contributed by atoms with Crippen molar-refractivity contribution in [3.8, 4) is 11.8 Å². The first-order valence-corrected chi connectivity index (χ1v) is 3.38. The normalized spacial score (nSPS) is 8.31. The number of pyridine rings is 1. The fourth-order valence-corrected chi connectivity index (χ4v) is 0.738. The van der Waals surface area contributed by atoms with Crippen LogP contribution in [0, 0.1) is 11.8 Å². The molecule has 0 aliphatic rings. The van der Waals surface area contributed by atoms with Crippen LogP contribution in [0.5, 0.6) is 0 Å². The van der Waals surface area contributed by atoms with E-state index in [0.717, 1.165) is 0 Å². The summed E-state index contributed by atoms with van der Waals surface area (Å²) in [5.41, 5.74) is 0.372. The van der Waals surface area contributed by atoms with E-state index in [1.165, 1.54) is 18.3 Å². The number of nitrogens with zero attached hydrogens (tertiary/aromatic N) is 1. The zero-order chi connectivity index (χ0) is 9.68. The first-order valence-electron chi connectivity index (χ1n) is 3.38. The van der Waals surface area contributed by atoms with Crippen molar-refractivity contribution in [2.75, 3.05) is 0 Å². The van der Waals surface area contributed by atoms with E-state index in [0.29, 0.717) is 11.8 Å². The molecule has 0 saturated carbocycles. The average molecular weight is 175 g/mol. The second kappa shape index (κ2) is 4.02. The van der Waals surface area contributed by atoms with Gasteiger partial charge in [-0.25, -0.2) is 9.78 Å². The van der Waals surface area contributed by atoms with E-state index >= 15 is 0 Å². The minimum atomic E-state index is -1.12. The van der Waals surface area contributed by atoms with E-state index < -0.39 is 5.97 Å². The van der Waals surface area contributed by atoms with Crippen LogP contribution in [0.25, 0.3) is 0 Å². The summed E-state index contributed by atoms with van der Waals surface area (Å²) >= 11 is 0. The summed E-state index contributed by atoms with van der Waals surface area (Å²) in [6, 6.07) is 2.84. The summed E-state index contributed by atoms with van der Waals surface area (Å²) in [4.78, 5) is 23.9. The molecule has 13 heavy (non-hydrogen) atoms. The van der Waals surface area contributed by atoms with Crippen molar-refractivity contribution in [3.63, 3.8) is 0 Å². The number of aldehydes is 1. The molecule has 0 fully saturated rings. The van der Waals surface area contributed by atoms with Crippen molar-refractivity contribution in [2.24, 2.45) is 0 Å². The van der Waals surface area contributed by atoms with E-state index in [9.17, 15) is 9.59 Å². The van der Waals surface area contributed by atoms with Crippen molar-refractivity contribution in [1.29, 1.82) is 0 Å². The number of aromatic carboxylic acids is 1. The van der Waals surface area contributed by atoms with Crippen LogP contribution in [0.4, 0.5) is 0 Å². The molecule has 0 spiro atoms. The summed E-state index contributed by atoms with van der Waals surface area (Å²) in [5, 5.41) is 8.55. The lowest BCUT2D eigenvalue weighted by molar-refractivity contribution is -0.103. The molecule has 0 bridgehead atoms. The molecule has 0 atom stereocenters. The first kappa shape index (κ1) is 8.94. The lowest BCUT2D eigenvalue weighted by atomic mass is 10.2. The number of rotatable bonds is 1. The van der Waals surface area contributed by atoms with Crippen LogP contribution >= 0.6 is 0 Å². The Kier molecular flexibility index (Phi) is 2.77. The Morgan fingerprint density at radius 1 is 1.62 bits per heavy atom. The molecule has 0 aliphatic carbocycles. The molecule has 4 nitrogen and oxygen atoms in total. The Balaban J connectivity index is 3.05. The minimum Gasteiger partial charge on any atom is -0.477 e. The fourth-order valence-electron chi connectivity index (χ4n) is 0.738. The van der Waals surface area contributed by atoms with Gasteiger partial charge in [0.1, 0.15) is 5.69 Å². The minimum absolute atomic E-state index is 0.0855. The quantitative estimate of drug-likeness (QED) is 0.493. The number of carboxylic acid groups (broad SMARTS) is 1. The molecule has 1 N–H and O–H groups in total. The van der Waals surface area contributed by atoms with Gasteiger partial charge in [0, 0.05) is 11.8 Å². The standard InChI is InChI=1S/C9H5NO3/c11-5-1-2-7-3-4-10-8(6-7)9(12)13/h3-6H,(H,12,13). The van der Waals surface area contributed by atoms with Crippen LogP contribution in [0.2, 0.25) is 0 Å². The molecule has 1 rings (SSSR count). The van der Waals surface area contributed by atoms with E-state index in [4.69, 9.17) is 5.11 Å². The van der Waals surface area contributed by atoms with Crippen LogP contribution in [0.1, 0.15) is 16.1 Å². The van der Waals surface area contributed by atoms with Gasteiger partial charge in [0.15, 0.2) is 6.29 Å². The average Bonchev–Trinajstić information content (AvgIpc) is 2.15. The molecule has 0 unspecified atom stereocenters. The third kappa shape index (κ3) is 2.42. The van der Waals surface area contributed by atoms with E-state index in [2.05, 4.69) is 16.8 Å². The van der Waals surface area contributed by atoms with Crippen LogP contribution in [0.15, 0.2) is 18.3 Å². The molecule has 0 saturated heterocycles. The maximum absolute atomic E-state index is 10.4. The number of hydrogen-bond donors (Lipinski definition) is 1. The van der Waals surface area contributed by atoms with Crippen molar-refractivity contribution in [3.05, 3.63) is 29.6 Å². The van der Waals surface area contributed by atoms with Gasteiger partial charge in [0.25, 0.3) is 0 Å². The van der Waals surface area contributed by atoms with Gasteiger partial charge >= 0.3 is 5.97 Å². The lowest BCUT2D eigenvalue weighted by Gasteiger charge is -1.92. The summed E-state index contributed by atoms with van der Waals surface area (Å²) < 4.78 is 0. The Hall–Kier alpha value is -2.15. The molecule has 1 aromatic heterocycles. The molecule has 1 heterocycles. The van der Waals surface area contributed by atoms with Crippen LogP contribution < -0.4 is 0 Å². The van der Waals surface area contributed by atoms with Gasteiger partial charge in [-0.2, -0.15) is 0 Å². The number of hydrogen-bond acceptors (Lipinski definition) is 3. The number of carbonyl (C=O) groups is 2. The summed E-state index contributed by atoms with van der Waals surface area (Å²) in [6.07, 6.45) is 1.78. The molecule has 64 valence electrons. The highest BCUT2D eigenvalue weighted by Crippen LogP contribution is 1.99. The maximum atomic E-state index is 10.4. The van der Waals surface area contributed by atoms with Crippen molar-refractivity contribution >= 4 is 12.3 Å². The monoisotopic (exact) mass is 175 g/mol. The summed E-state index contributed by atoms with van der Waals surface area (Å²) in [6.45, 7) is 0. The van der Waals surface area contributed by atoms with Gasteiger partial charge < -0.3 is 5.11 Å². The van der Waals surface area contributed by atoms with Crippen molar-refractivity contribution in [2.45, 2.75) is 0 Å². The number of carboxylic acids is 1. The molecule has 0 aromatic carbocycles. The maximum Gasteiger partial charge on any atom is 0.354 e. The van der Waals surface area contributed by atoms with Crippen molar-refractivity contribution < 1.29 is 14.7 Å². The second-order valence-electron chi connectivity index (χ2n) is 2.12. The van der Waals surface area contributed by atoms with Gasteiger partial charge in [-0.05, 0) is 18.1 Å². The zero-order valence-corrected chi connectivity index (χ0v) is 6.52. The molecule has 4 heteroatoms. The van der Waals surface area contributed by atoms with E-state index in [1.807, 2.05) is 0 Å².